The molecule has 4 aliphatic rings. The number of amides is 2. The summed E-state index contributed by atoms with van der Waals surface area (Å²) < 4.78 is 10.2. The number of carbonyl (C=O) groups excluding carboxylic acids is 4. The standard InChI is InChI=1S/C22H33NO6/c1-20(2,3)16(24)28-18(26)23(19(27)29-17(25)21(4,5)6)22-10-13-7-14(11-22)9-15(8-13)12-22/h13-15H,7-12H2,1-6H3. The van der Waals surface area contributed by atoms with Gasteiger partial charge in [0.2, 0.25) is 0 Å². The highest BCUT2D eigenvalue weighted by atomic mass is 16.6. The lowest BCUT2D eigenvalue weighted by Crippen LogP contribution is -2.64. The average molecular weight is 408 g/mol. The van der Waals surface area contributed by atoms with Crippen LogP contribution in [-0.2, 0) is 19.1 Å². The van der Waals surface area contributed by atoms with Crippen LogP contribution in [0.3, 0.4) is 0 Å². The van der Waals surface area contributed by atoms with Crippen LogP contribution in [0.15, 0.2) is 0 Å². The first-order valence-corrected chi connectivity index (χ1v) is 10.5. The Bertz CT molecular complexity index is 651. The fourth-order valence-electron chi connectivity index (χ4n) is 5.36. The zero-order chi connectivity index (χ0) is 21.8. The molecule has 0 aromatic carbocycles. The quantitative estimate of drug-likeness (QED) is 0.463. The van der Waals surface area contributed by atoms with Crippen molar-refractivity contribution in [2.24, 2.45) is 28.6 Å². The Kier molecular flexibility index (Phi) is 5.33. The van der Waals surface area contributed by atoms with Crippen molar-refractivity contribution in [3.05, 3.63) is 0 Å². The summed E-state index contributed by atoms with van der Waals surface area (Å²) in [7, 11) is 0. The lowest BCUT2D eigenvalue weighted by Gasteiger charge is -2.58. The molecule has 0 radical (unpaired) electrons. The number of ether oxygens (including phenoxy) is 2. The molecule has 2 amide bonds. The van der Waals surface area contributed by atoms with Crippen molar-refractivity contribution in [3.8, 4) is 0 Å². The molecule has 0 spiro atoms. The van der Waals surface area contributed by atoms with Crippen LogP contribution in [0.1, 0.15) is 80.1 Å². The molecule has 29 heavy (non-hydrogen) atoms. The van der Waals surface area contributed by atoms with Crippen LogP contribution in [0.5, 0.6) is 0 Å². The smallest absolute Gasteiger partial charge is 0.375 e. The van der Waals surface area contributed by atoms with E-state index < -0.39 is 40.5 Å². The van der Waals surface area contributed by atoms with Crippen molar-refractivity contribution in [1.82, 2.24) is 4.90 Å². The van der Waals surface area contributed by atoms with E-state index in [4.69, 9.17) is 9.47 Å². The normalized spacial score (nSPS) is 30.6. The van der Waals surface area contributed by atoms with E-state index in [1.807, 2.05) is 0 Å². The van der Waals surface area contributed by atoms with E-state index in [9.17, 15) is 19.2 Å². The van der Waals surface area contributed by atoms with Crippen molar-refractivity contribution in [2.75, 3.05) is 0 Å². The second-order valence-electron chi connectivity index (χ2n) is 11.3. The topological polar surface area (TPSA) is 90.0 Å². The highest BCUT2D eigenvalue weighted by molar-refractivity contribution is 5.99. The Balaban J connectivity index is 1.90. The summed E-state index contributed by atoms with van der Waals surface area (Å²) >= 11 is 0. The molecule has 0 heterocycles. The molecule has 7 nitrogen and oxygen atoms in total. The van der Waals surface area contributed by atoms with Gasteiger partial charge in [-0.1, -0.05) is 0 Å². The first-order valence-electron chi connectivity index (χ1n) is 10.5. The first kappa shape index (κ1) is 21.8. The van der Waals surface area contributed by atoms with Gasteiger partial charge < -0.3 is 9.47 Å². The molecule has 162 valence electrons. The van der Waals surface area contributed by atoms with Gasteiger partial charge in [-0.3, -0.25) is 9.59 Å². The Morgan fingerprint density at radius 1 is 0.690 bits per heavy atom. The molecule has 4 fully saturated rings. The van der Waals surface area contributed by atoms with E-state index in [1.54, 1.807) is 41.5 Å². The number of rotatable bonds is 1. The van der Waals surface area contributed by atoms with Gasteiger partial charge in [-0.15, -0.1) is 0 Å². The van der Waals surface area contributed by atoms with E-state index in [0.29, 0.717) is 37.0 Å². The van der Waals surface area contributed by atoms with Crippen LogP contribution < -0.4 is 0 Å². The predicted molar refractivity (Wildman–Crippen MR) is 105 cm³/mol. The van der Waals surface area contributed by atoms with Gasteiger partial charge in [0.25, 0.3) is 0 Å². The van der Waals surface area contributed by atoms with Gasteiger partial charge in [-0.25, -0.2) is 14.5 Å². The third-order valence-electron chi connectivity index (χ3n) is 6.43. The zero-order valence-corrected chi connectivity index (χ0v) is 18.4. The molecular formula is C22H33NO6. The van der Waals surface area contributed by atoms with Crippen LogP contribution in [0.4, 0.5) is 9.59 Å². The second kappa shape index (κ2) is 7.10. The fourth-order valence-corrected chi connectivity index (χ4v) is 5.36. The van der Waals surface area contributed by atoms with Gasteiger partial charge in [0.05, 0.1) is 16.4 Å². The number of imide groups is 1. The molecule has 7 heteroatoms. The van der Waals surface area contributed by atoms with Crippen LogP contribution >= 0.6 is 0 Å². The molecule has 0 aromatic rings. The Morgan fingerprint density at radius 2 is 1.00 bits per heavy atom. The van der Waals surface area contributed by atoms with E-state index in [0.717, 1.165) is 24.2 Å². The summed E-state index contributed by atoms with van der Waals surface area (Å²) in [6, 6.07) is 0. The van der Waals surface area contributed by atoms with E-state index >= 15 is 0 Å². The lowest BCUT2D eigenvalue weighted by molar-refractivity contribution is -0.151. The van der Waals surface area contributed by atoms with Crippen LogP contribution in [0.25, 0.3) is 0 Å². The van der Waals surface area contributed by atoms with Gasteiger partial charge in [-0.05, 0) is 97.8 Å². The van der Waals surface area contributed by atoms with Gasteiger partial charge in [-0.2, -0.15) is 0 Å². The zero-order valence-electron chi connectivity index (χ0n) is 18.4. The van der Waals surface area contributed by atoms with Crippen molar-refractivity contribution in [3.63, 3.8) is 0 Å². The summed E-state index contributed by atoms with van der Waals surface area (Å²) in [5.74, 6) is -0.0951. The maximum atomic E-state index is 13.1. The fraction of sp³-hybridized carbons (Fsp3) is 0.818. The van der Waals surface area contributed by atoms with Crippen LogP contribution in [0, 0.1) is 28.6 Å². The minimum absolute atomic E-state index is 0.445. The molecule has 0 aromatic heterocycles. The summed E-state index contributed by atoms with van der Waals surface area (Å²) in [5.41, 5.74) is -2.53. The molecular weight excluding hydrogens is 374 g/mol. The molecule has 0 aliphatic heterocycles. The number of esters is 2. The Hall–Kier alpha value is -1.92. The summed E-state index contributed by atoms with van der Waals surface area (Å²) in [4.78, 5) is 51.7. The third kappa shape index (κ3) is 4.33. The van der Waals surface area contributed by atoms with Gasteiger partial charge >= 0.3 is 24.1 Å². The molecule has 0 atom stereocenters. The lowest BCUT2D eigenvalue weighted by atomic mass is 9.52. The molecule has 4 rings (SSSR count). The van der Waals surface area contributed by atoms with Crippen LogP contribution in [-0.4, -0.2) is 34.6 Å². The number of hydrogen-bond donors (Lipinski definition) is 0. The second-order valence-corrected chi connectivity index (χ2v) is 11.3. The van der Waals surface area contributed by atoms with Crippen molar-refractivity contribution >= 4 is 24.1 Å². The number of carbonyl (C=O) groups is 4. The highest BCUT2D eigenvalue weighted by Gasteiger charge is 2.58. The van der Waals surface area contributed by atoms with Crippen molar-refractivity contribution in [1.29, 1.82) is 0 Å². The summed E-state index contributed by atoms with van der Waals surface area (Å²) in [6.45, 7) is 9.83. The molecule has 4 bridgehead atoms. The average Bonchev–Trinajstić information content (AvgIpc) is 2.51. The molecule has 4 saturated carbocycles. The minimum atomic E-state index is -1.03. The van der Waals surface area contributed by atoms with Gasteiger partial charge in [0, 0.05) is 0 Å². The number of nitrogens with zero attached hydrogens (tertiary/aromatic N) is 1. The SMILES string of the molecule is CC(C)(C)C(=O)OC(=O)N(C(=O)OC(=O)C(C)(C)C)C12CC3CC(CC(C3)C1)C2. The molecule has 0 N–H and O–H groups in total. The monoisotopic (exact) mass is 407 g/mol. The van der Waals surface area contributed by atoms with E-state index in [1.165, 1.54) is 0 Å². The summed E-state index contributed by atoms with van der Waals surface area (Å²) in [6.07, 6.45) is 3.30. The third-order valence-corrected chi connectivity index (χ3v) is 6.43. The molecule has 0 saturated heterocycles. The number of hydrogen-bond acceptors (Lipinski definition) is 6. The minimum Gasteiger partial charge on any atom is -0.375 e. The first-order chi connectivity index (χ1) is 13.2. The Labute approximate surface area is 172 Å². The molecule has 0 unspecified atom stereocenters. The van der Waals surface area contributed by atoms with Crippen molar-refractivity contribution < 1.29 is 28.7 Å². The van der Waals surface area contributed by atoms with E-state index in [2.05, 4.69) is 0 Å². The van der Waals surface area contributed by atoms with Gasteiger partial charge in [0.1, 0.15) is 0 Å². The maximum absolute atomic E-state index is 13.1. The molecule has 4 aliphatic carbocycles. The van der Waals surface area contributed by atoms with Gasteiger partial charge in [0.15, 0.2) is 0 Å². The summed E-state index contributed by atoms with van der Waals surface area (Å²) in [5, 5.41) is 0. The van der Waals surface area contributed by atoms with E-state index in [-0.39, 0.29) is 0 Å². The Morgan fingerprint density at radius 3 is 1.28 bits per heavy atom. The van der Waals surface area contributed by atoms with Crippen LogP contribution in [0.2, 0.25) is 0 Å². The largest absolute Gasteiger partial charge is 0.427 e. The van der Waals surface area contributed by atoms with Crippen molar-refractivity contribution in [2.45, 2.75) is 85.6 Å². The maximum Gasteiger partial charge on any atom is 0.427 e. The predicted octanol–water partition coefficient (Wildman–Crippen LogP) is 4.68. The highest BCUT2D eigenvalue weighted by Crippen LogP contribution is 2.58.